The van der Waals surface area contributed by atoms with Gasteiger partial charge in [0.05, 0.1) is 32.5 Å². The van der Waals surface area contributed by atoms with Crippen molar-refractivity contribution in [1.29, 1.82) is 0 Å². The molecule has 0 unspecified atom stereocenters. The molecule has 8 atom stereocenters. The quantitative estimate of drug-likeness (QED) is 0.638. The molecule has 3 saturated heterocycles. The van der Waals surface area contributed by atoms with Crippen molar-refractivity contribution < 1.29 is 28.8 Å². The van der Waals surface area contributed by atoms with E-state index in [4.69, 9.17) is 23.7 Å². The van der Waals surface area contributed by atoms with Gasteiger partial charge in [-0.1, -0.05) is 13.8 Å². The van der Waals surface area contributed by atoms with Crippen LogP contribution in [0.25, 0.3) is 0 Å². The van der Waals surface area contributed by atoms with Gasteiger partial charge < -0.3 is 28.8 Å². The lowest BCUT2D eigenvalue weighted by molar-refractivity contribution is -0.301. The molecule has 0 radical (unpaired) electrons. The van der Waals surface area contributed by atoms with Crippen LogP contribution in [0.2, 0.25) is 0 Å². The van der Waals surface area contributed by atoms with Crippen LogP contribution in [0.1, 0.15) is 72.1 Å². The van der Waals surface area contributed by atoms with Crippen LogP contribution in [0.3, 0.4) is 0 Å². The zero-order chi connectivity index (χ0) is 21.3. The van der Waals surface area contributed by atoms with E-state index in [1.807, 2.05) is 6.92 Å². The molecule has 6 nitrogen and oxygen atoms in total. The molecule has 7 fully saturated rings. The molecule has 0 aromatic heterocycles. The summed E-state index contributed by atoms with van der Waals surface area (Å²) < 4.78 is 31.0. The Bertz CT molecular complexity index is 789. The maximum Gasteiger partial charge on any atom is 0.195 e. The minimum absolute atomic E-state index is 0.0664. The summed E-state index contributed by atoms with van der Waals surface area (Å²) in [5, 5.41) is 12.1. The van der Waals surface area contributed by atoms with E-state index in [2.05, 4.69) is 13.8 Å². The molecule has 4 saturated carbocycles. The monoisotopic (exact) mass is 434 g/mol. The van der Waals surface area contributed by atoms with E-state index in [0.717, 1.165) is 51.4 Å². The Hall–Kier alpha value is -0.240. The molecule has 6 heteroatoms. The van der Waals surface area contributed by atoms with Crippen molar-refractivity contribution in [3.05, 3.63) is 0 Å². The average molecular weight is 435 g/mol. The largest absolute Gasteiger partial charge is 0.384 e. The predicted octanol–water partition coefficient (Wildman–Crippen LogP) is 3.40. The van der Waals surface area contributed by atoms with E-state index < -0.39 is 17.2 Å². The second-order valence-electron chi connectivity index (χ2n) is 12.3. The Morgan fingerprint density at radius 1 is 0.742 bits per heavy atom. The molecular weight excluding hydrogens is 396 g/mol. The number of rotatable bonds is 1. The lowest BCUT2D eigenvalue weighted by atomic mass is 9.43. The van der Waals surface area contributed by atoms with Gasteiger partial charge in [0.2, 0.25) is 0 Å². The summed E-state index contributed by atoms with van der Waals surface area (Å²) in [7, 11) is 0. The normalized spacial score (nSPS) is 58.5. The van der Waals surface area contributed by atoms with Gasteiger partial charge >= 0.3 is 0 Å². The van der Waals surface area contributed by atoms with Gasteiger partial charge in [0, 0.05) is 23.7 Å². The average Bonchev–Trinajstić information content (AvgIpc) is 3.07. The van der Waals surface area contributed by atoms with Crippen LogP contribution >= 0.6 is 0 Å². The van der Waals surface area contributed by atoms with Crippen molar-refractivity contribution in [3.63, 3.8) is 0 Å². The maximum absolute atomic E-state index is 12.1. The summed E-state index contributed by atoms with van der Waals surface area (Å²) >= 11 is 0. The maximum atomic E-state index is 12.1. The molecule has 0 bridgehead atoms. The Balaban J connectivity index is 1.21. The van der Waals surface area contributed by atoms with Crippen molar-refractivity contribution in [2.75, 3.05) is 26.4 Å². The topological polar surface area (TPSA) is 69.7 Å². The van der Waals surface area contributed by atoms with Gasteiger partial charge in [-0.25, -0.2) is 0 Å². The molecular formula is C25H38O6. The second-order valence-corrected chi connectivity index (χ2v) is 12.3. The van der Waals surface area contributed by atoms with E-state index in [1.54, 1.807) is 0 Å². The first-order valence-electron chi connectivity index (χ1n) is 12.7. The Morgan fingerprint density at radius 2 is 1.39 bits per heavy atom. The van der Waals surface area contributed by atoms with E-state index in [0.29, 0.717) is 50.3 Å². The van der Waals surface area contributed by atoms with E-state index in [1.165, 1.54) is 0 Å². The van der Waals surface area contributed by atoms with Gasteiger partial charge in [-0.2, -0.15) is 0 Å². The highest BCUT2D eigenvalue weighted by molar-refractivity contribution is 5.27. The summed E-state index contributed by atoms with van der Waals surface area (Å²) in [6.45, 7) is 9.38. The molecule has 0 aromatic rings. The third-order valence-corrected chi connectivity index (χ3v) is 11.6. The number of fused-ring (bicyclic) bond motifs is 4. The minimum atomic E-state index is -0.922. The highest BCUT2D eigenvalue weighted by atomic mass is 16.8. The number of hydrogen-bond acceptors (Lipinski definition) is 6. The molecule has 0 aromatic carbocycles. The van der Waals surface area contributed by atoms with Gasteiger partial charge in [0.1, 0.15) is 11.2 Å². The van der Waals surface area contributed by atoms with Crippen LogP contribution in [0.5, 0.6) is 0 Å². The van der Waals surface area contributed by atoms with Gasteiger partial charge in [-0.3, -0.25) is 0 Å². The van der Waals surface area contributed by atoms with Gasteiger partial charge in [0.25, 0.3) is 0 Å². The number of aliphatic hydroxyl groups is 1. The Kier molecular flexibility index (Phi) is 3.82. The molecule has 31 heavy (non-hydrogen) atoms. The third-order valence-electron chi connectivity index (χ3n) is 11.6. The van der Waals surface area contributed by atoms with Crippen LogP contribution in [-0.4, -0.2) is 60.4 Å². The fourth-order valence-electron chi connectivity index (χ4n) is 9.88. The molecule has 174 valence electrons. The highest BCUT2D eigenvalue weighted by Gasteiger charge is 2.80. The molecule has 0 amide bonds. The van der Waals surface area contributed by atoms with Crippen molar-refractivity contribution in [2.24, 2.45) is 28.6 Å². The van der Waals surface area contributed by atoms with Gasteiger partial charge in [-0.15, -0.1) is 0 Å². The summed E-state index contributed by atoms with van der Waals surface area (Å²) in [6.07, 6.45) is 8.44. The standard InChI is InChI=1S/C25H38O6/c1-20-8-9-23(29-12-13-30-23)15-24(20)19(31-24)14-16-17(20)4-6-21(2)18(16)5-7-25(21,26)22(3)27-10-11-28-22/h16-19,26H,4-15H2,1-3H3/t16-,17+,18-,19+,20-,21-,24+,25-/m1/s1. The molecule has 3 heterocycles. The zero-order valence-electron chi connectivity index (χ0n) is 19.3. The van der Waals surface area contributed by atoms with Gasteiger partial charge in [-0.05, 0) is 63.2 Å². The number of hydrogen-bond donors (Lipinski definition) is 1. The van der Waals surface area contributed by atoms with Crippen LogP contribution in [0.15, 0.2) is 0 Å². The summed E-state index contributed by atoms with van der Waals surface area (Å²) in [6, 6.07) is 0. The molecule has 7 aliphatic rings. The molecule has 3 aliphatic heterocycles. The lowest BCUT2D eigenvalue weighted by Crippen LogP contribution is -2.65. The summed E-state index contributed by atoms with van der Waals surface area (Å²) in [4.78, 5) is 0. The molecule has 1 N–H and O–H groups in total. The van der Waals surface area contributed by atoms with Gasteiger partial charge in [0.15, 0.2) is 11.6 Å². The van der Waals surface area contributed by atoms with Crippen LogP contribution < -0.4 is 0 Å². The minimum Gasteiger partial charge on any atom is -0.384 e. The second kappa shape index (κ2) is 5.87. The Morgan fingerprint density at radius 3 is 2.13 bits per heavy atom. The fraction of sp³-hybridized carbons (Fsp3) is 1.00. The summed E-state index contributed by atoms with van der Waals surface area (Å²) in [5.74, 6) is 0.459. The van der Waals surface area contributed by atoms with Crippen LogP contribution in [0.4, 0.5) is 0 Å². The van der Waals surface area contributed by atoms with Crippen molar-refractivity contribution in [2.45, 2.75) is 101 Å². The first-order chi connectivity index (χ1) is 14.7. The summed E-state index contributed by atoms with van der Waals surface area (Å²) in [5.41, 5.74) is -0.989. The zero-order valence-corrected chi connectivity index (χ0v) is 19.3. The third kappa shape index (κ3) is 2.17. The fourth-order valence-corrected chi connectivity index (χ4v) is 9.88. The van der Waals surface area contributed by atoms with E-state index in [-0.39, 0.29) is 16.4 Å². The first kappa shape index (κ1) is 20.2. The predicted molar refractivity (Wildman–Crippen MR) is 111 cm³/mol. The molecule has 2 spiro atoms. The lowest BCUT2D eigenvalue weighted by Gasteiger charge is -2.61. The highest BCUT2D eigenvalue weighted by Crippen LogP contribution is 2.76. The number of epoxide rings is 1. The van der Waals surface area contributed by atoms with Crippen LogP contribution in [0, 0.1) is 28.6 Å². The SMILES string of the molecule is CC1([C@@]2(O)CC[C@@H]3[C@@H]4C[C@@H]5O[C@@]56CC5(CC[C@]6(C)[C@H]4CC[C@]32C)OCCO5)OCCO1. The smallest absolute Gasteiger partial charge is 0.195 e. The van der Waals surface area contributed by atoms with E-state index >= 15 is 0 Å². The van der Waals surface area contributed by atoms with Crippen molar-refractivity contribution in [3.8, 4) is 0 Å². The van der Waals surface area contributed by atoms with Crippen LogP contribution in [-0.2, 0) is 23.7 Å². The van der Waals surface area contributed by atoms with Crippen molar-refractivity contribution >= 4 is 0 Å². The van der Waals surface area contributed by atoms with Crippen molar-refractivity contribution in [1.82, 2.24) is 0 Å². The Labute approximate surface area is 185 Å². The molecule has 4 aliphatic carbocycles. The first-order valence-corrected chi connectivity index (χ1v) is 12.7. The number of ether oxygens (including phenoxy) is 5. The molecule has 7 rings (SSSR count). The van der Waals surface area contributed by atoms with E-state index in [9.17, 15) is 5.11 Å².